The molecule has 290 valence electrons. The van der Waals surface area contributed by atoms with Gasteiger partial charge in [0.1, 0.15) is 11.2 Å². The molecule has 0 atom stereocenters. The van der Waals surface area contributed by atoms with Gasteiger partial charge in [0.2, 0.25) is 5.96 Å². The maximum atomic E-state index is 12.5. The zero-order valence-electron chi connectivity index (χ0n) is 33.8. The number of ether oxygens (including phenoxy) is 2. The number of hydrogen-bond acceptors (Lipinski definition) is 6. The van der Waals surface area contributed by atoms with E-state index >= 15 is 0 Å². The first-order chi connectivity index (χ1) is 23.4. The number of carbonyl (C=O) groups is 2. The second-order valence-electron chi connectivity index (χ2n) is 16.1. The van der Waals surface area contributed by atoms with Gasteiger partial charge >= 0.3 is 12.2 Å². The molecule has 2 amide bonds. The second kappa shape index (κ2) is 30.9. The Morgan fingerprint density at radius 3 is 1.04 bits per heavy atom. The molecule has 0 aliphatic carbocycles. The van der Waals surface area contributed by atoms with Gasteiger partial charge in [0.25, 0.3) is 0 Å². The smallest absolute Gasteiger partial charge is 0.414 e. The van der Waals surface area contributed by atoms with Crippen molar-refractivity contribution in [3.05, 3.63) is 0 Å². The fourth-order valence-corrected chi connectivity index (χ4v) is 5.90. The van der Waals surface area contributed by atoms with E-state index in [4.69, 9.17) is 9.47 Å². The van der Waals surface area contributed by atoms with Gasteiger partial charge in [-0.15, -0.1) is 0 Å². The van der Waals surface area contributed by atoms with E-state index < -0.39 is 23.4 Å². The Labute approximate surface area is 304 Å². The zero-order valence-corrected chi connectivity index (χ0v) is 33.8. The van der Waals surface area contributed by atoms with Gasteiger partial charge in [-0.1, -0.05) is 155 Å². The molecule has 0 radical (unpaired) electrons. The number of amides is 2. The van der Waals surface area contributed by atoms with Gasteiger partial charge in [0.15, 0.2) is 0 Å². The van der Waals surface area contributed by atoms with Gasteiger partial charge in [-0.25, -0.2) is 9.59 Å². The molecule has 8 heteroatoms. The van der Waals surface area contributed by atoms with Gasteiger partial charge in [0.05, 0.1) is 6.54 Å². The fourth-order valence-electron chi connectivity index (χ4n) is 5.90. The number of nitrogens with one attached hydrogen (secondary N) is 2. The summed E-state index contributed by atoms with van der Waals surface area (Å²) < 4.78 is 10.8. The molecule has 2 N–H and O–H groups in total. The summed E-state index contributed by atoms with van der Waals surface area (Å²) in [6.07, 6.45) is 31.0. The molecule has 0 heterocycles. The van der Waals surface area contributed by atoms with E-state index in [-0.39, 0.29) is 5.96 Å². The van der Waals surface area contributed by atoms with Crippen LogP contribution in [0.25, 0.3) is 0 Å². The molecular formula is C41H82N4O4. The van der Waals surface area contributed by atoms with Crippen LogP contribution in [0.3, 0.4) is 0 Å². The molecule has 0 aromatic heterocycles. The third-order valence-electron chi connectivity index (χ3n) is 8.58. The lowest BCUT2D eigenvalue weighted by Gasteiger charge is -2.23. The highest BCUT2D eigenvalue weighted by Crippen LogP contribution is 2.14. The van der Waals surface area contributed by atoms with Crippen molar-refractivity contribution in [2.24, 2.45) is 4.99 Å². The molecule has 0 spiro atoms. The topological polar surface area (TPSA) is 92.3 Å². The number of unbranched alkanes of at least 4 members (excludes halogenated alkanes) is 22. The normalized spacial score (nSPS) is 11.9. The van der Waals surface area contributed by atoms with Gasteiger partial charge in [-0.05, 0) is 67.5 Å². The summed E-state index contributed by atoms with van der Waals surface area (Å²) in [5.74, 6) is 0.0548. The highest BCUT2D eigenvalue weighted by Gasteiger charge is 2.21. The molecular weight excluding hydrogens is 612 g/mol. The van der Waals surface area contributed by atoms with Crippen LogP contribution < -0.4 is 10.6 Å². The molecule has 0 aromatic rings. The summed E-state index contributed by atoms with van der Waals surface area (Å²) in [5, 5.41) is 5.22. The Hall–Kier alpha value is -1.83. The number of aliphatic imine (C=N–C) groups is 1. The minimum atomic E-state index is -0.666. The summed E-state index contributed by atoms with van der Waals surface area (Å²) >= 11 is 0. The largest absolute Gasteiger partial charge is 0.444 e. The molecule has 0 bridgehead atoms. The van der Waals surface area contributed by atoms with E-state index in [1.807, 2.05) is 0 Å². The lowest BCUT2D eigenvalue weighted by atomic mass is 10.0. The number of alkyl carbamates (subject to hydrolysis) is 2. The molecule has 0 unspecified atom stereocenters. The minimum absolute atomic E-state index is 0.0548. The van der Waals surface area contributed by atoms with Crippen LogP contribution in [0.5, 0.6) is 0 Å². The van der Waals surface area contributed by atoms with Crippen molar-refractivity contribution < 1.29 is 19.1 Å². The van der Waals surface area contributed by atoms with E-state index in [2.05, 4.69) is 34.4 Å². The number of rotatable bonds is 29. The van der Waals surface area contributed by atoms with E-state index in [0.717, 1.165) is 19.6 Å². The third-order valence-corrected chi connectivity index (χ3v) is 8.58. The molecule has 0 aliphatic heterocycles. The Balaban J connectivity index is 4.85. The summed E-state index contributed by atoms with van der Waals surface area (Å²) in [5.41, 5.74) is -1.33. The van der Waals surface area contributed by atoms with Crippen LogP contribution in [0.1, 0.15) is 209 Å². The van der Waals surface area contributed by atoms with E-state index in [1.165, 1.54) is 154 Å². The number of nitrogens with zero attached hydrogens (tertiary/aromatic N) is 2. The van der Waals surface area contributed by atoms with Crippen molar-refractivity contribution in [3.63, 3.8) is 0 Å². The predicted molar refractivity (Wildman–Crippen MR) is 210 cm³/mol. The third kappa shape index (κ3) is 35.8. The number of hydrogen-bond donors (Lipinski definition) is 2. The van der Waals surface area contributed by atoms with Gasteiger partial charge in [-0.3, -0.25) is 15.6 Å². The summed E-state index contributed by atoms with van der Waals surface area (Å²) in [6, 6.07) is 0. The van der Waals surface area contributed by atoms with Crippen LogP contribution in [-0.4, -0.2) is 60.4 Å². The van der Waals surface area contributed by atoms with E-state index in [0.29, 0.717) is 6.54 Å². The molecule has 0 saturated carbocycles. The second-order valence-corrected chi connectivity index (χ2v) is 16.1. The maximum absolute atomic E-state index is 12.5. The van der Waals surface area contributed by atoms with Crippen molar-refractivity contribution in [3.8, 4) is 0 Å². The first kappa shape index (κ1) is 47.2. The monoisotopic (exact) mass is 695 g/mol. The first-order valence-electron chi connectivity index (χ1n) is 20.6. The Morgan fingerprint density at radius 1 is 0.469 bits per heavy atom. The Kier molecular flexibility index (Phi) is 29.8. The standard InChI is InChI=1S/C41H82N4O4/c1-9-11-13-15-17-19-21-23-25-27-29-31-34-45(35-32-30-28-26-24-22-20-18-16-14-12-10-2)36-33-42-37(43-38(46)48-40(3,4)5)44-39(47)49-41(6,7)8/h9-36H2,1-8H3,(H2,42,43,44,46,47). The van der Waals surface area contributed by atoms with Crippen LogP contribution in [0, 0.1) is 0 Å². The highest BCUT2D eigenvalue weighted by molar-refractivity contribution is 6.01. The summed E-state index contributed by atoms with van der Waals surface area (Å²) in [6.45, 7) is 18.7. The molecule has 0 saturated heterocycles. The van der Waals surface area contributed by atoms with Gasteiger partial charge < -0.3 is 14.4 Å². The average Bonchev–Trinajstić information content (AvgIpc) is 2.99. The van der Waals surface area contributed by atoms with Gasteiger partial charge in [0, 0.05) is 6.54 Å². The molecule has 49 heavy (non-hydrogen) atoms. The number of carbonyl (C=O) groups excluding carboxylic acids is 2. The van der Waals surface area contributed by atoms with Crippen molar-refractivity contribution in [2.45, 2.75) is 221 Å². The number of guanidine groups is 1. The van der Waals surface area contributed by atoms with Crippen LogP contribution in [0.15, 0.2) is 4.99 Å². The SMILES string of the molecule is CCCCCCCCCCCCCCN(CCCCCCCCCCCCCC)CCN=C(NC(=O)OC(C)(C)C)NC(=O)OC(C)(C)C. The minimum Gasteiger partial charge on any atom is -0.444 e. The van der Waals surface area contributed by atoms with Crippen molar-refractivity contribution in [1.29, 1.82) is 0 Å². The van der Waals surface area contributed by atoms with Crippen molar-refractivity contribution in [1.82, 2.24) is 15.5 Å². The highest BCUT2D eigenvalue weighted by atomic mass is 16.6. The molecule has 0 aliphatic rings. The average molecular weight is 695 g/mol. The predicted octanol–water partition coefficient (Wildman–Crippen LogP) is 12.1. The zero-order chi connectivity index (χ0) is 36.6. The summed E-state index contributed by atoms with van der Waals surface area (Å²) in [7, 11) is 0. The van der Waals surface area contributed by atoms with Crippen LogP contribution in [0.2, 0.25) is 0 Å². The molecule has 0 aromatic carbocycles. The lowest BCUT2D eigenvalue weighted by molar-refractivity contribution is 0.0545. The van der Waals surface area contributed by atoms with E-state index in [9.17, 15) is 9.59 Å². The van der Waals surface area contributed by atoms with Crippen LogP contribution >= 0.6 is 0 Å². The fraction of sp³-hybridized carbons (Fsp3) is 0.927. The van der Waals surface area contributed by atoms with Gasteiger partial charge in [-0.2, -0.15) is 0 Å². The Morgan fingerprint density at radius 2 is 0.755 bits per heavy atom. The Bertz CT molecular complexity index is 759. The molecule has 0 rings (SSSR count). The van der Waals surface area contributed by atoms with Crippen LogP contribution in [-0.2, 0) is 9.47 Å². The lowest BCUT2D eigenvalue weighted by Crippen LogP contribution is -2.47. The van der Waals surface area contributed by atoms with E-state index in [1.54, 1.807) is 41.5 Å². The molecule has 0 fully saturated rings. The quantitative estimate of drug-likeness (QED) is 0.0462. The molecule has 8 nitrogen and oxygen atoms in total. The summed E-state index contributed by atoms with van der Waals surface area (Å²) in [4.78, 5) is 32.1. The maximum Gasteiger partial charge on any atom is 0.414 e. The van der Waals surface area contributed by atoms with Crippen molar-refractivity contribution >= 4 is 18.1 Å². The van der Waals surface area contributed by atoms with Crippen LogP contribution in [0.4, 0.5) is 9.59 Å². The first-order valence-corrected chi connectivity index (χ1v) is 20.6. The van der Waals surface area contributed by atoms with Crippen molar-refractivity contribution in [2.75, 3.05) is 26.2 Å².